The van der Waals surface area contributed by atoms with Crippen LogP contribution in [-0.2, 0) is 0 Å². The van der Waals surface area contributed by atoms with Gasteiger partial charge in [0.2, 0.25) is 0 Å². The molecule has 0 atom stereocenters. The lowest BCUT2D eigenvalue weighted by Gasteiger charge is -1.96. The molecule has 0 bridgehead atoms. The van der Waals surface area contributed by atoms with Crippen molar-refractivity contribution in [2.45, 2.75) is 20.3 Å². The van der Waals surface area contributed by atoms with Crippen LogP contribution in [0.5, 0.6) is 0 Å². The summed E-state index contributed by atoms with van der Waals surface area (Å²) >= 11 is 0. The standard InChI is InChI=1S/C10H14O2/c1-3-9(7-11)6-10-5-4-8(2)12-10/h4-6,11H,3,7H2,1-2H3/b9-6-. The monoisotopic (exact) mass is 166 g/mol. The van der Waals surface area contributed by atoms with Gasteiger partial charge in [0.05, 0.1) is 6.61 Å². The van der Waals surface area contributed by atoms with Crippen molar-refractivity contribution in [1.82, 2.24) is 0 Å². The summed E-state index contributed by atoms with van der Waals surface area (Å²) in [5.41, 5.74) is 0.990. The first kappa shape index (κ1) is 9.07. The van der Waals surface area contributed by atoms with Crippen LogP contribution in [0.3, 0.4) is 0 Å². The number of furan rings is 1. The quantitative estimate of drug-likeness (QED) is 0.747. The van der Waals surface area contributed by atoms with Crippen LogP contribution < -0.4 is 0 Å². The van der Waals surface area contributed by atoms with E-state index in [0.29, 0.717) is 0 Å². The number of rotatable bonds is 3. The van der Waals surface area contributed by atoms with E-state index in [1.807, 2.05) is 32.1 Å². The maximum Gasteiger partial charge on any atom is 0.127 e. The van der Waals surface area contributed by atoms with Crippen molar-refractivity contribution in [1.29, 1.82) is 0 Å². The lowest BCUT2D eigenvalue weighted by Crippen LogP contribution is -1.86. The molecule has 0 aliphatic rings. The van der Waals surface area contributed by atoms with Crippen molar-refractivity contribution >= 4 is 6.08 Å². The third-order valence-corrected chi connectivity index (χ3v) is 1.76. The van der Waals surface area contributed by atoms with E-state index in [4.69, 9.17) is 9.52 Å². The van der Waals surface area contributed by atoms with Crippen LogP contribution in [0.25, 0.3) is 6.08 Å². The summed E-state index contributed by atoms with van der Waals surface area (Å²) in [5, 5.41) is 8.88. The predicted molar refractivity (Wildman–Crippen MR) is 48.8 cm³/mol. The molecular formula is C10H14O2. The number of hydrogen-bond donors (Lipinski definition) is 1. The topological polar surface area (TPSA) is 33.4 Å². The Kier molecular flexibility index (Phi) is 3.11. The Balaban J connectivity index is 2.78. The fourth-order valence-electron chi connectivity index (χ4n) is 0.992. The van der Waals surface area contributed by atoms with Gasteiger partial charge in [0.25, 0.3) is 0 Å². The first-order valence-electron chi connectivity index (χ1n) is 4.13. The van der Waals surface area contributed by atoms with Gasteiger partial charge in [-0.2, -0.15) is 0 Å². The van der Waals surface area contributed by atoms with Gasteiger partial charge in [-0.1, -0.05) is 6.92 Å². The first-order chi connectivity index (χ1) is 5.76. The average molecular weight is 166 g/mol. The van der Waals surface area contributed by atoms with Crippen molar-refractivity contribution in [2.75, 3.05) is 6.61 Å². The second kappa shape index (κ2) is 4.12. The number of aliphatic hydroxyl groups is 1. The zero-order chi connectivity index (χ0) is 8.97. The number of aliphatic hydroxyl groups excluding tert-OH is 1. The molecule has 0 fully saturated rings. The molecule has 1 heterocycles. The van der Waals surface area contributed by atoms with Crippen LogP contribution in [0.1, 0.15) is 24.9 Å². The molecule has 1 aromatic heterocycles. The fourth-order valence-corrected chi connectivity index (χ4v) is 0.992. The van der Waals surface area contributed by atoms with E-state index in [-0.39, 0.29) is 6.61 Å². The molecule has 12 heavy (non-hydrogen) atoms. The molecule has 0 saturated carbocycles. The smallest absolute Gasteiger partial charge is 0.127 e. The Morgan fingerprint density at radius 2 is 2.33 bits per heavy atom. The second-order valence-electron chi connectivity index (χ2n) is 2.76. The lowest BCUT2D eigenvalue weighted by atomic mass is 10.2. The van der Waals surface area contributed by atoms with E-state index < -0.39 is 0 Å². The fraction of sp³-hybridized carbons (Fsp3) is 0.400. The zero-order valence-electron chi connectivity index (χ0n) is 7.50. The number of hydrogen-bond acceptors (Lipinski definition) is 2. The Morgan fingerprint density at radius 3 is 2.75 bits per heavy atom. The highest BCUT2D eigenvalue weighted by Crippen LogP contribution is 2.12. The van der Waals surface area contributed by atoms with Gasteiger partial charge in [0, 0.05) is 0 Å². The molecule has 2 nitrogen and oxygen atoms in total. The molecule has 2 heteroatoms. The van der Waals surface area contributed by atoms with Gasteiger partial charge in [-0.15, -0.1) is 0 Å². The Morgan fingerprint density at radius 1 is 1.58 bits per heavy atom. The van der Waals surface area contributed by atoms with Gasteiger partial charge in [-0.25, -0.2) is 0 Å². The van der Waals surface area contributed by atoms with Crippen molar-refractivity contribution in [3.63, 3.8) is 0 Å². The average Bonchev–Trinajstić information content (AvgIpc) is 2.47. The van der Waals surface area contributed by atoms with E-state index in [9.17, 15) is 0 Å². The van der Waals surface area contributed by atoms with E-state index in [2.05, 4.69) is 0 Å². The van der Waals surface area contributed by atoms with Gasteiger partial charge >= 0.3 is 0 Å². The van der Waals surface area contributed by atoms with Crippen molar-refractivity contribution in [3.05, 3.63) is 29.2 Å². The minimum atomic E-state index is 0.107. The minimum Gasteiger partial charge on any atom is -0.462 e. The summed E-state index contributed by atoms with van der Waals surface area (Å²) in [6, 6.07) is 3.82. The van der Waals surface area contributed by atoms with Gasteiger partial charge in [0.15, 0.2) is 0 Å². The Hall–Kier alpha value is -1.02. The van der Waals surface area contributed by atoms with Crippen LogP contribution in [0.15, 0.2) is 22.1 Å². The highest BCUT2D eigenvalue weighted by Gasteiger charge is 1.96. The van der Waals surface area contributed by atoms with E-state index >= 15 is 0 Å². The molecule has 66 valence electrons. The Bertz CT molecular complexity index is 265. The summed E-state index contributed by atoms with van der Waals surface area (Å²) in [5.74, 6) is 1.72. The molecule has 0 amide bonds. The molecule has 0 spiro atoms. The third-order valence-electron chi connectivity index (χ3n) is 1.76. The van der Waals surface area contributed by atoms with Gasteiger partial charge in [-0.3, -0.25) is 0 Å². The highest BCUT2D eigenvalue weighted by molar-refractivity contribution is 5.47. The molecule has 1 N–H and O–H groups in total. The van der Waals surface area contributed by atoms with E-state index in [0.717, 1.165) is 23.5 Å². The van der Waals surface area contributed by atoms with E-state index in [1.165, 1.54) is 0 Å². The molecule has 0 unspecified atom stereocenters. The lowest BCUT2D eigenvalue weighted by molar-refractivity contribution is 0.328. The normalized spacial score (nSPS) is 12.1. The van der Waals surface area contributed by atoms with Gasteiger partial charge in [-0.05, 0) is 37.1 Å². The molecule has 1 rings (SSSR count). The van der Waals surface area contributed by atoms with Gasteiger partial charge < -0.3 is 9.52 Å². The molecule has 1 aromatic rings. The van der Waals surface area contributed by atoms with Crippen molar-refractivity contribution in [3.8, 4) is 0 Å². The first-order valence-corrected chi connectivity index (χ1v) is 4.13. The van der Waals surface area contributed by atoms with Crippen LogP contribution in [0.2, 0.25) is 0 Å². The zero-order valence-corrected chi connectivity index (χ0v) is 7.50. The summed E-state index contributed by atoms with van der Waals surface area (Å²) in [6.07, 6.45) is 2.74. The largest absolute Gasteiger partial charge is 0.462 e. The molecule has 0 saturated heterocycles. The summed E-state index contributed by atoms with van der Waals surface area (Å²) in [6.45, 7) is 4.02. The van der Waals surface area contributed by atoms with Gasteiger partial charge in [0.1, 0.15) is 11.5 Å². The third kappa shape index (κ3) is 2.24. The van der Waals surface area contributed by atoms with Crippen molar-refractivity contribution in [2.24, 2.45) is 0 Å². The van der Waals surface area contributed by atoms with Crippen molar-refractivity contribution < 1.29 is 9.52 Å². The van der Waals surface area contributed by atoms with Crippen LogP contribution >= 0.6 is 0 Å². The summed E-state index contributed by atoms with van der Waals surface area (Å²) < 4.78 is 5.33. The second-order valence-corrected chi connectivity index (χ2v) is 2.76. The maximum absolute atomic E-state index is 8.88. The van der Waals surface area contributed by atoms with E-state index in [1.54, 1.807) is 0 Å². The predicted octanol–water partition coefficient (Wildman–Crippen LogP) is 2.37. The van der Waals surface area contributed by atoms with Crippen LogP contribution in [0, 0.1) is 6.92 Å². The SMILES string of the molecule is CC/C(=C/c1ccc(C)o1)CO. The minimum absolute atomic E-state index is 0.107. The summed E-state index contributed by atoms with van der Waals surface area (Å²) in [7, 11) is 0. The molecule has 0 aliphatic carbocycles. The highest BCUT2D eigenvalue weighted by atomic mass is 16.3. The summed E-state index contributed by atoms with van der Waals surface area (Å²) in [4.78, 5) is 0. The Labute approximate surface area is 72.5 Å². The van der Waals surface area contributed by atoms with Crippen LogP contribution in [0.4, 0.5) is 0 Å². The van der Waals surface area contributed by atoms with Crippen LogP contribution in [-0.4, -0.2) is 11.7 Å². The molecule has 0 aromatic carbocycles. The molecular weight excluding hydrogens is 152 g/mol. The molecule has 0 aliphatic heterocycles. The number of aryl methyl sites for hydroxylation is 1. The maximum atomic E-state index is 8.88. The molecule has 0 radical (unpaired) electrons.